The van der Waals surface area contributed by atoms with Gasteiger partial charge in [0.15, 0.2) is 18.0 Å². The van der Waals surface area contributed by atoms with Crippen LogP contribution in [0.1, 0.15) is 31.9 Å². The maximum atomic E-state index is 6.45. The zero-order chi connectivity index (χ0) is 27.4. The van der Waals surface area contributed by atoms with Gasteiger partial charge in [0.1, 0.15) is 24.4 Å². The number of rotatable bonds is 16. The zero-order valence-corrected chi connectivity index (χ0v) is 22.9. The van der Waals surface area contributed by atoms with Crippen LogP contribution in [0.4, 0.5) is 0 Å². The van der Waals surface area contributed by atoms with Crippen LogP contribution in [0.25, 0.3) is 0 Å². The Balaban J connectivity index is 1.89. The Bertz CT molecular complexity index is 897. The molecule has 212 valence electrons. The summed E-state index contributed by atoms with van der Waals surface area (Å²) >= 11 is 0. The van der Waals surface area contributed by atoms with E-state index < -0.39 is 42.4 Å². The smallest absolute Gasteiger partial charge is 0.164 e. The van der Waals surface area contributed by atoms with E-state index in [-0.39, 0.29) is 6.61 Å². The summed E-state index contributed by atoms with van der Waals surface area (Å²) in [6.45, 7) is 6.38. The van der Waals surface area contributed by atoms with Gasteiger partial charge in [-0.3, -0.25) is 0 Å². The lowest BCUT2D eigenvalue weighted by molar-refractivity contribution is -0.442. The Morgan fingerprint density at radius 1 is 0.763 bits per heavy atom. The summed E-state index contributed by atoms with van der Waals surface area (Å²) in [4.78, 5) is 31.7. The van der Waals surface area contributed by atoms with Crippen molar-refractivity contribution in [3.05, 3.63) is 71.8 Å². The van der Waals surface area contributed by atoms with E-state index in [0.717, 1.165) is 11.1 Å². The maximum absolute atomic E-state index is 6.45. The standard InChI is InChI=1S/C28H40O10/c1-20(36-29-4)24(37-30-5)27(38-31-6)26-25(33-18-22-15-11-8-12-16-22)23(34-28(2,3)35-26)19-32-17-21-13-9-7-10-14-21/h7-16,20,23-27H,17-19H2,1-6H3/t20?,23-,24+,25-,26+,27-/m1/s1. The quantitative estimate of drug-likeness (QED) is 0.230. The molecule has 0 radical (unpaired) electrons. The van der Waals surface area contributed by atoms with Crippen LogP contribution in [0.15, 0.2) is 60.7 Å². The second-order valence-electron chi connectivity index (χ2n) is 9.32. The minimum Gasteiger partial charge on any atom is -0.374 e. The summed E-state index contributed by atoms with van der Waals surface area (Å²) in [5.41, 5.74) is 2.04. The minimum atomic E-state index is -1.00. The first-order valence-corrected chi connectivity index (χ1v) is 12.6. The van der Waals surface area contributed by atoms with Crippen molar-refractivity contribution in [2.24, 2.45) is 0 Å². The molecule has 3 rings (SSSR count). The van der Waals surface area contributed by atoms with E-state index in [1.165, 1.54) is 21.3 Å². The van der Waals surface area contributed by atoms with Crippen LogP contribution in [0.3, 0.4) is 0 Å². The predicted molar refractivity (Wildman–Crippen MR) is 136 cm³/mol. The summed E-state index contributed by atoms with van der Waals surface area (Å²) in [5.74, 6) is -1.00. The van der Waals surface area contributed by atoms with E-state index in [9.17, 15) is 0 Å². The highest BCUT2D eigenvalue weighted by Gasteiger charge is 2.52. The fourth-order valence-electron chi connectivity index (χ4n) is 4.41. The van der Waals surface area contributed by atoms with Gasteiger partial charge in [-0.1, -0.05) is 60.7 Å². The first kappa shape index (κ1) is 30.6. The maximum Gasteiger partial charge on any atom is 0.164 e. The molecule has 0 amide bonds. The fraction of sp³-hybridized carbons (Fsp3) is 0.571. The topological polar surface area (TPSA) is 92.3 Å². The molecular weight excluding hydrogens is 496 g/mol. The van der Waals surface area contributed by atoms with E-state index in [1.807, 2.05) is 74.5 Å². The largest absolute Gasteiger partial charge is 0.374 e. The molecule has 1 saturated heterocycles. The average molecular weight is 537 g/mol. The lowest BCUT2D eigenvalue weighted by Gasteiger charge is -2.48. The van der Waals surface area contributed by atoms with Crippen LogP contribution in [0.2, 0.25) is 0 Å². The molecule has 2 aromatic rings. The lowest BCUT2D eigenvalue weighted by atomic mass is 9.94. The third-order valence-electron chi connectivity index (χ3n) is 6.00. The van der Waals surface area contributed by atoms with Crippen molar-refractivity contribution >= 4 is 0 Å². The number of benzene rings is 2. The van der Waals surface area contributed by atoms with Crippen LogP contribution < -0.4 is 0 Å². The Labute approximate surface area is 224 Å². The number of hydrogen-bond acceptors (Lipinski definition) is 10. The van der Waals surface area contributed by atoms with Gasteiger partial charge in [0, 0.05) is 0 Å². The molecule has 1 aliphatic heterocycles. The van der Waals surface area contributed by atoms with Crippen LogP contribution >= 0.6 is 0 Å². The summed E-state index contributed by atoms with van der Waals surface area (Å²) in [5, 5.41) is 0. The monoisotopic (exact) mass is 536 g/mol. The van der Waals surface area contributed by atoms with Crippen molar-refractivity contribution in [1.29, 1.82) is 0 Å². The molecule has 1 heterocycles. The molecule has 6 atom stereocenters. The normalized spacial score (nSPS) is 23.6. The Morgan fingerprint density at radius 2 is 1.34 bits per heavy atom. The second kappa shape index (κ2) is 15.6. The van der Waals surface area contributed by atoms with E-state index in [0.29, 0.717) is 13.2 Å². The Kier molecular flexibility index (Phi) is 12.5. The molecule has 0 N–H and O–H groups in total. The third kappa shape index (κ3) is 9.06. The molecule has 0 bridgehead atoms. The molecule has 0 spiro atoms. The molecule has 10 heteroatoms. The van der Waals surface area contributed by atoms with Crippen LogP contribution in [-0.2, 0) is 61.5 Å². The first-order valence-electron chi connectivity index (χ1n) is 12.6. The van der Waals surface area contributed by atoms with Gasteiger partial charge in [-0.2, -0.15) is 0 Å². The highest BCUT2D eigenvalue weighted by atomic mass is 17.2. The van der Waals surface area contributed by atoms with E-state index in [4.69, 9.17) is 48.3 Å². The van der Waals surface area contributed by atoms with Crippen molar-refractivity contribution in [3.63, 3.8) is 0 Å². The lowest BCUT2D eigenvalue weighted by Crippen LogP contribution is -2.63. The van der Waals surface area contributed by atoms with Crippen molar-refractivity contribution in [2.45, 2.75) is 76.4 Å². The SMILES string of the molecule is COOC(C)[C@H](OOC)[C@@H](OOC)[C@H]1OC(C)(C)O[C@H](COCc2ccccc2)[C@H]1OCc1ccccc1. The average Bonchev–Trinajstić information content (AvgIpc) is 2.91. The van der Waals surface area contributed by atoms with Crippen molar-refractivity contribution in [1.82, 2.24) is 0 Å². The van der Waals surface area contributed by atoms with Gasteiger partial charge < -0.3 is 18.9 Å². The molecule has 1 aliphatic rings. The van der Waals surface area contributed by atoms with Gasteiger partial charge in [-0.15, -0.1) is 0 Å². The molecule has 0 aliphatic carbocycles. The highest BCUT2D eigenvalue weighted by Crippen LogP contribution is 2.35. The number of hydrogen-bond donors (Lipinski definition) is 0. The van der Waals surface area contributed by atoms with Crippen molar-refractivity contribution in [3.8, 4) is 0 Å². The van der Waals surface area contributed by atoms with Crippen LogP contribution in [0, 0.1) is 0 Å². The molecule has 0 aromatic heterocycles. The molecular formula is C28H40O10. The van der Waals surface area contributed by atoms with E-state index >= 15 is 0 Å². The van der Waals surface area contributed by atoms with Crippen LogP contribution in [0.5, 0.6) is 0 Å². The van der Waals surface area contributed by atoms with Gasteiger partial charge in [0.2, 0.25) is 0 Å². The first-order chi connectivity index (χ1) is 18.4. The minimum absolute atomic E-state index is 0.247. The van der Waals surface area contributed by atoms with Crippen molar-refractivity contribution < 1.29 is 48.3 Å². The molecule has 1 unspecified atom stereocenters. The molecule has 38 heavy (non-hydrogen) atoms. The van der Waals surface area contributed by atoms with Gasteiger partial charge in [-0.25, -0.2) is 29.3 Å². The summed E-state index contributed by atoms with van der Waals surface area (Å²) in [6, 6.07) is 19.8. The fourth-order valence-corrected chi connectivity index (χ4v) is 4.41. The van der Waals surface area contributed by atoms with Gasteiger partial charge >= 0.3 is 0 Å². The highest BCUT2D eigenvalue weighted by molar-refractivity contribution is 5.14. The third-order valence-corrected chi connectivity index (χ3v) is 6.00. The molecule has 1 fully saturated rings. The molecule has 0 saturated carbocycles. The Morgan fingerprint density at radius 3 is 1.92 bits per heavy atom. The summed E-state index contributed by atoms with van der Waals surface area (Å²) in [7, 11) is 4.21. The molecule has 10 nitrogen and oxygen atoms in total. The Hall–Kier alpha value is -1.96. The number of ether oxygens (including phenoxy) is 4. The van der Waals surface area contributed by atoms with Gasteiger partial charge in [-0.05, 0) is 31.9 Å². The molecule has 2 aromatic carbocycles. The van der Waals surface area contributed by atoms with Gasteiger partial charge in [0.25, 0.3) is 0 Å². The van der Waals surface area contributed by atoms with Gasteiger partial charge in [0.05, 0.1) is 41.2 Å². The predicted octanol–water partition coefficient (Wildman–Crippen LogP) is 4.17. The second-order valence-corrected chi connectivity index (χ2v) is 9.32. The zero-order valence-electron chi connectivity index (χ0n) is 22.9. The summed E-state index contributed by atoms with van der Waals surface area (Å²) in [6.07, 6.45) is -4.22. The van der Waals surface area contributed by atoms with Crippen LogP contribution in [-0.4, -0.2) is 70.3 Å². The van der Waals surface area contributed by atoms with E-state index in [1.54, 1.807) is 6.92 Å². The summed E-state index contributed by atoms with van der Waals surface area (Å²) < 4.78 is 25.3. The van der Waals surface area contributed by atoms with Crippen molar-refractivity contribution in [2.75, 3.05) is 27.9 Å². The van der Waals surface area contributed by atoms with E-state index in [2.05, 4.69) is 0 Å².